The molecule has 3 aromatic heterocycles. The van der Waals surface area contributed by atoms with Crippen LogP contribution in [0.15, 0.2) is 60.9 Å². The standard InChI is InChI=1S/C22H21N5O2S/c23-20-10-19(15-8-9-30-22(28,29)11-15)26-21-17(13-25-27(20)21)16-6-7-18(24-12-16)14-4-2-1-3-5-14/h1-7,10,12-13,15,28-29H,8-9,11,23H2. The van der Waals surface area contributed by atoms with Gasteiger partial charge in [0.05, 0.1) is 11.9 Å². The number of fused-ring (bicyclic) bond motifs is 1. The molecule has 0 amide bonds. The predicted molar refractivity (Wildman–Crippen MR) is 118 cm³/mol. The van der Waals surface area contributed by atoms with Gasteiger partial charge in [0.2, 0.25) is 5.12 Å². The molecule has 30 heavy (non-hydrogen) atoms. The molecule has 1 atom stereocenters. The lowest BCUT2D eigenvalue weighted by Gasteiger charge is -2.31. The lowest BCUT2D eigenvalue weighted by atomic mass is 9.96. The molecule has 0 saturated carbocycles. The minimum Gasteiger partial charge on any atom is -0.384 e. The Morgan fingerprint density at radius 2 is 1.90 bits per heavy atom. The van der Waals surface area contributed by atoms with Crippen molar-refractivity contribution < 1.29 is 10.2 Å². The minimum atomic E-state index is -1.73. The van der Waals surface area contributed by atoms with Crippen molar-refractivity contribution in [3.05, 3.63) is 66.6 Å². The van der Waals surface area contributed by atoms with Gasteiger partial charge in [-0.1, -0.05) is 48.2 Å². The second-order valence-corrected chi connectivity index (χ2v) is 8.83. The number of nitrogens with zero attached hydrogens (tertiary/aromatic N) is 4. The second kappa shape index (κ2) is 7.39. The highest BCUT2D eigenvalue weighted by Gasteiger charge is 2.34. The Morgan fingerprint density at radius 1 is 1.07 bits per heavy atom. The van der Waals surface area contributed by atoms with Gasteiger partial charge < -0.3 is 15.9 Å². The van der Waals surface area contributed by atoms with Gasteiger partial charge >= 0.3 is 0 Å². The minimum absolute atomic E-state index is 0.0742. The van der Waals surface area contributed by atoms with Crippen LogP contribution in [0.3, 0.4) is 0 Å². The number of anilines is 1. The number of aromatic nitrogens is 4. The first kappa shape index (κ1) is 19.0. The molecular weight excluding hydrogens is 398 g/mol. The summed E-state index contributed by atoms with van der Waals surface area (Å²) in [6, 6.07) is 15.8. The molecule has 7 nitrogen and oxygen atoms in total. The molecule has 4 N–H and O–H groups in total. The number of aliphatic hydroxyl groups is 2. The first-order valence-electron chi connectivity index (χ1n) is 9.75. The molecule has 152 valence electrons. The number of hydrogen-bond donors (Lipinski definition) is 3. The zero-order valence-electron chi connectivity index (χ0n) is 16.1. The molecule has 1 fully saturated rings. The molecule has 1 aliphatic heterocycles. The smallest absolute Gasteiger partial charge is 0.213 e. The lowest BCUT2D eigenvalue weighted by molar-refractivity contribution is -0.0888. The van der Waals surface area contributed by atoms with Crippen LogP contribution >= 0.6 is 11.8 Å². The van der Waals surface area contributed by atoms with Crippen LogP contribution in [0.2, 0.25) is 0 Å². The van der Waals surface area contributed by atoms with Crippen molar-refractivity contribution in [1.82, 2.24) is 19.6 Å². The van der Waals surface area contributed by atoms with E-state index in [-0.39, 0.29) is 12.3 Å². The second-order valence-electron chi connectivity index (χ2n) is 7.48. The van der Waals surface area contributed by atoms with Gasteiger partial charge in [0.15, 0.2) is 5.65 Å². The fourth-order valence-electron chi connectivity index (χ4n) is 3.85. The Balaban J connectivity index is 1.53. The molecule has 1 aromatic carbocycles. The molecule has 1 unspecified atom stereocenters. The SMILES string of the molecule is Nc1cc(C2CCSC(O)(O)C2)nc2c(-c3ccc(-c4ccccc4)nc3)cnn12. The maximum atomic E-state index is 10.0. The van der Waals surface area contributed by atoms with Gasteiger partial charge in [-0.15, -0.1) is 0 Å². The average molecular weight is 420 g/mol. The quantitative estimate of drug-likeness (QED) is 0.437. The predicted octanol–water partition coefficient (Wildman–Crippen LogP) is 3.29. The first-order valence-corrected chi connectivity index (χ1v) is 10.7. The Bertz CT molecular complexity index is 1190. The van der Waals surface area contributed by atoms with Gasteiger partial charge in [-0.3, -0.25) is 4.98 Å². The van der Waals surface area contributed by atoms with Crippen LogP contribution in [0.5, 0.6) is 0 Å². The van der Waals surface area contributed by atoms with Crippen molar-refractivity contribution >= 4 is 23.2 Å². The third-order valence-corrected chi connectivity index (χ3v) is 6.46. The Morgan fingerprint density at radius 3 is 2.63 bits per heavy atom. The molecule has 1 aliphatic rings. The van der Waals surface area contributed by atoms with Crippen molar-refractivity contribution in [3.63, 3.8) is 0 Å². The summed E-state index contributed by atoms with van der Waals surface area (Å²) < 4.78 is 1.60. The van der Waals surface area contributed by atoms with Crippen molar-refractivity contribution in [1.29, 1.82) is 0 Å². The molecule has 0 bridgehead atoms. The van der Waals surface area contributed by atoms with Gasteiger partial charge in [-0.25, -0.2) is 4.98 Å². The maximum absolute atomic E-state index is 10.0. The fourth-order valence-corrected chi connectivity index (χ4v) is 4.90. The number of rotatable bonds is 3. The van der Waals surface area contributed by atoms with Crippen molar-refractivity contribution in [2.24, 2.45) is 0 Å². The monoisotopic (exact) mass is 419 g/mol. The fraction of sp³-hybridized carbons (Fsp3) is 0.227. The van der Waals surface area contributed by atoms with Gasteiger partial charge in [0.25, 0.3) is 0 Å². The first-order chi connectivity index (χ1) is 14.5. The van der Waals surface area contributed by atoms with Gasteiger partial charge in [-0.2, -0.15) is 9.61 Å². The summed E-state index contributed by atoms with van der Waals surface area (Å²) in [5.74, 6) is 1.05. The van der Waals surface area contributed by atoms with E-state index in [1.54, 1.807) is 16.8 Å². The summed E-state index contributed by atoms with van der Waals surface area (Å²) >= 11 is 1.15. The van der Waals surface area contributed by atoms with Crippen molar-refractivity contribution in [3.8, 4) is 22.4 Å². The summed E-state index contributed by atoms with van der Waals surface area (Å²) in [5, 5.41) is 22.7. The normalized spacial score (nSPS) is 18.5. The molecule has 0 aliphatic carbocycles. The van der Waals surface area contributed by atoms with Crippen LogP contribution in [0.1, 0.15) is 24.5 Å². The largest absolute Gasteiger partial charge is 0.384 e. The molecule has 5 rings (SSSR count). The van der Waals surface area contributed by atoms with Gasteiger partial charge in [0.1, 0.15) is 5.82 Å². The van der Waals surface area contributed by atoms with Crippen molar-refractivity contribution in [2.75, 3.05) is 11.5 Å². The van der Waals surface area contributed by atoms with E-state index in [2.05, 4.69) is 10.1 Å². The third-order valence-electron chi connectivity index (χ3n) is 5.39. The van der Waals surface area contributed by atoms with E-state index < -0.39 is 5.12 Å². The lowest BCUT2D eigenvalue weighted by Crippen LogP contribution is -2.31. The van der Waals surface area contributed by atoms with Crippen LogP contribution in [-0.4, -0.2) is 40.7 Å². The molecular formula is C22H21N5O2S. The van der Waals surface area contributed by atoms with Gasteiger partial charge in [0, 0.05) is 47.0 Å². The number of thioether (sulfide) groups is 1. The summed E-state index contributed by atoms with van der Waals surface area (Å²) in [5.41, 5.74) is 11.3. The highest BCUT2D eigenvalue weighted by atomic mass is 32.2. The van der Waals surface area contributed by atoms with Crippen LogP contribution in [0.4, 0.5) is 5.82 Å². The molecule has 4 heterocycles. The van der Waals surface area contributed by atoms with E-state index in [1.807, 2.05) is 48.7 Å². The third kappa shape index (κ3) is 3.54. The van der Waals surface area contributed by atoms with Crippen molar-refractivity contribution in [2.45, 2.75) is 23.9 Å². The molecule has 1 saturated heterocycles. The van der Waals surface area contributed by atoms with Gasteiger partial charge in [-0.05, 0) is 18.2 Å². The zero-order chi connectivity index (χ0) is 20.7. The van der Waals surface area contributed by atoms with Crippen LogP contribution in [-0.2, 0) is 0 Å². The van der Waals surface area contributed by atoms with E-state index in [9.17, 15) is 10.2 Å². The van der Waals surface area contributed by atoms with Crippen LogP contribution < -0.4 is 5.73 Å². The topological polar surface area (TPSA) is 110 Å². The number of pyridine rings is 1. The Labute approximate surface area is 177 Å². The van der Waals surface area contributed by atoms with E-state index in [0.29, 0.717) is 17.2 Å². The highest BCUT2D eigenvalue weighted by Crippen LogP contribution is 2.40. The van der Waals surface area contributed by atoms with E-state index in [0.717, 1.165) is 46.3 Å². The number of nitrogens with two attached hydrogens (primary N) is 1. The highest BCUT2D eigenvalue weighted by molar-refractivity contribution is 8.00. The maximum Gasteiger partial charge on any atom is 0.213 e. The summed E-state index contributed by atoms with van der Waals surface area (Å²) in [6.45, 7) is 0. The number of hydrogen-bond acceptors (Lipinski definition) is 7. The summed E-state index contributed by atoms with van der Waals surface area (Å²) in [4.78, 5) is 9.40. The zero-order valence-corrected chi connectivity index (χ0v) is 17.0. The van der Waals surface area contributed by atoms with Crippen LogP contribution in [0, 0.1) is 0 Å². The Hall–Kier alpha value is -2.94. The van der Waals surface area contributed by atoms with E-state index in [1.165, 1.54) is 0 Å². The molecule has 8 heteroatoms. The molecule has 4 aromatic rings. The summed E-state index contributed by atoms with van der Waals surface area (Å²) in [6.07, 6.45) is 4.58. The molecule has 0 radical (unpaired) electrons. The van der Waals surface area contributed by atoms with Crippen LogP contribution in [0.25, 0.3) is 28.0 Å². The number of nitrogen functional groups attached to an aromatic ring is 1. The average Bonchev–Trinajstić information content (AvgIpc) is 3.18. The van der Waals surface area contributed by atoms with E-state index >= 15 is 0 Å². The summed E-state index contributed by atoms with van der Waals surface area (Å²) in [7, 11) is 0. The van der Waals surface area contributed by atoms with E-state index in [4.69, 9.17) is 10.7 Å². The molecule has 0 spiro atoms. The Kier molecular flexibility index (Phi) is 4.69. The number of benzene rings is 1.